The van der Waals surface area contributed by atoms with Gasteiger partial charge >= 0.3 is 0 Å². The summed E-state index contributed by atoms with van der Waals surface area (Å²) in [4.78, 5) is 4.33. The van der Waals surface area contributed by atoms with E-state index in [2.05, 4.69) is 39.7 Å². The van der Waals surface area contributed by atoms with E-state index in [0.29, 0.717) is 13.0 Å². The van der Waals surface area contributed by atoms with Gasteiger partial charge in [0.25, 0.3) is 0 Å². The summed E-state index contributed by atoms with van der Waals surface area (Å²) in [6.07, 6.45) is 0.487. The average molecular weight is 298 g/mol. The Morgan fingerprint density at radius 1 is 1.50 bits per heavy atom. The van der Waals surface area contributed by atoms with Crippen molar-refractivity contribution in [2.75, 3.05) is 6.54 Å². The zero-order valence-corrected chi connectivity index (χ0v) is 10.2. The fourth-order valence-corrected chi connectivity index (χ4v) is 1.89. The van der Waals surface area contributed by atoms with Crippen LogP contribution >= 0.6 is 22.6 Å². The van der Waals surface area contributed by atoms with Gasteiger partial charge in [0, 0.05) is 14.8 Å². The first-order chi connectivity index (χ1) is 6.75. The third-order valence-electron chi connectivity index (χ3n) is 1.84. The molecule has 1 rings (SSSR count). The number of halogens is 1. The molecule has 0 saturated heterocycles. The van der Waals surface area contributed by atoms with E-state index in [0.717, 1.165) is 11.3 Å². The normalized spacial score (nSPS) is 11.1. The monoisotopic (exact) mass is 298 g/mol. The van der Waals surface area contributed by atoms with Crippen LogP contribution in [0.25, 0.3) is 0 Å². The summed E-state index contributed by atoms with van der Waals surface area (Å²) in [5.41, 5.74) is 2.16. The molecule has 14 heavy (non-hydrogen) atoms. The minimum Gasteiger partial charge on any atom is -0.288 e. The fourth-order valence-electron chi connectivity index (χ4n) is 1.11. The minimum atomic E-state index is 0.487. The Morgan fingerprint density at radius 2 is 2.21 bits per heavy atom. The highest BCUT2D eigenvalue weighted by molar-refractivity contribution is 14.1. The van der Waals surface area contributed by atoms with Crippen molar-refractivity contribution in [3.05, 3.63) is 33.4 Å². The van der Waals surface area contributed by atoms with Crippen LogP contribution < -0.4 is 0 Å². The molecule has 0 unspecified atom stereocenters. The van der Waals surface area contributed by atoms with Crippen molar-refractivity contribution >= 4 is 28.3 Å². The lowest BCUT2D eigenvalue weighted by Crippen LogP contribution is -1.98. The largest absolute Gasteiger partial charge is 0.288 e. The van der Waals surface area contributed by atoms with Gasteiger partial charge in [-0.05, 0) is 35.6 Å². The lowest BCUT2D eigenvalue weighted by atomic mass is 10.1. The first kappa shape index (κ1) is 11.2. The van der Waals surface area contributed by atoms with Crippen LogP contribution in [-0.4, -0.2) is 12.3 Å². The lowest BCUT2D eigenvalue weighted by Gasteiger charge is -2.02. The van der Waals surface area contributed by atoms with Gasteiger partial charge in [0.05, 0.1) is 19.0 Å². The maximum Gasteiger partial charge on any atom is 0.0641 e. The molecule has 0 bridgehead atoms. The molecule has 1 aromatic rings. The Labute approximate surface area is 97.8 Å². The molecule has 0 aliphatic heterocycles. The van der Waals surface area contributed by atoms with E-state index < -0.39 is 0 Å². The minimum absolute atomic E-state index is 0.487. The van der Waals surface area contributed by atoms with Crippen molar-refractivity contribution in [3.8, 4) is 6.07 Å². The van der Waals surface area contributed by atoms with Gasteiger partial charge in [-0.25, -0.2) is 0 Å². The van der Waals surface area contributed by atoms with Crippen LogP contribution in [0.1, 0.15) is 18.9 Å². The van der Waals surface area contributed by atoms with Gasteiger partial charge in [-0.2, -0.15) is 5.26 Å². The predicted molar refractivity (Wildman–Crippen MR) is 66.5 cm³/mol. The van der Waals surface area contributed by atoms with Crippen molar-refractivity contribution in [1.82, 2.24) is 0 Å². The highest BCUT2D eigenvalue weighted by Gasteiger charge is 2.00. The number of aliphatic imine (C=N–C) groups is 1. The van der Waals surface area contributed by atoms with Gasteiger partial charge in [-0.1, -0.05) is 18.2 Å². The highest BCUT2D eigenvalue weighted by atomic mass is 127. The second kappa shape index (κ2) is 5.76. The third kappa shape index (κ3) is 3.11. The summed E-state index contributed by atoms with van der Waals surface area (Å²) in [7, 11) is 0. The molecule has 0 aromatic heterocycles. The van der Waals surface area contributed by atoms with E-state index in [1.807, 2.05) is 25.1 Å². The molecule has 3 heteroatoms. The van der Waals surface area contributed by atoms with E-state index in [4.69, 9.17) is 5.26 Å². The van der Waals surface area contributed by atoms with Crippen LogP contribution in [0.15, 0.2) is 29.3 Å². The summed E-state index contributed by atoms with van der Waals surface area (Å²) in [5, 5.41) is 8.38. The van der Waals surface area contributed by atoms with Crippen LogP contribution in [0.3, 0.4) is 0 Å². The third-order valence-corrected chi connectivity index (χ3v) is 2.78. The molecule has 0 atom stereocenters. The van der Waals surface area contributed by atoms with Gasteiger partial charge in [-0.3, -0.25) is 4.99 Å². The predicted octanol–water partition coefficient (Wildman–Crippen LogP) is 3.01. The van der Waals surface area contributed by atoms with Crippen molar-refractivity contribution in [2.24, 2.45) is 4.99 Å². The van der Waals surface area contributed by atoms with Gasteiger partial charge in [0.15, 0.2) is 0 Å². The Morgan fingerprint density at radius 3 is 2.86 bits per heavy atom. The standard InChI is InChI=1S/C11H11IN2/c1-9(14-8-4-7-13)10-5-2-3-6-11(10)12/h2-3,5-6H,4,8H2,1H3. The van der Waals surface area contributed by atoms with Crippen LogP contribution in [0.4, 0.5) is 0 Å². The topological polar surface area (TPSA) is 36.1 Å². The van der Waals surface area contributed by atoms with E-state index in [9.17, 15) is 0 Å². The summed E-state index contributed by atoms with van der Waals surface area (Å²) in [6, 6.07) is 10.2. The second-order valence-electron chi connectivity index (χ2n) is 2.86. The zero-order chi connectivity index (χ0) is 10.4. The number of rotatable bonds is 3. The number of hydrogen-bond donors (Lipinski definition) is 0. The molecule has 0 amide bonds. The molecule has 0 radical (unpaired) electrons. The van der Waals surface area contributed by atoms with E-state index in [-0.39, 0.29) is 0 Å². The van der Waals surface area contributed by atoms with Crippen molar-refractivity contribution in [3.63, 3.8) is 0 Å². The summed E-state index contributed by atoms with van der Waals surface area (Å²) < 4.78 is 1.20. The van der Waals surface area contributed by atoms with Crippen molar-refractivity contribution < 1.29 is 0 Å². The Kier molecular flexibility index (Phi) is 4.60. The van der Waals surface area contributed by atoms with E-state index in [1.54, 1.807) is 0 Å². The summed E-state index contributed by atoms with van der Waals surface area (Å²) in [6.45, 7) is 2.57. The zero-order valence-electron chi connectivity index (χ0n) is 8.00. The number of benzene rings is 1. The van der Waals surface area contributed by atoms with Gasteiger partial charge in [0.1, 0.15) is 0 Å². The summed E-state index contributed by atoms with van der Waals surface area (Å²) in [5.74, 6) is 0. The van der Waals surface area contributed by atoms with Crippen molar-refractivity contribution in [2.45, 2.75) is 13.3 Å². The van der Waals surface area contributed by atoms with Crippen LogP contribution in [0.5, 0.6) is 0 Å². The Balaban J connectivity index is 2.79. The van der Waals surface area contributed by atoms with Crippen LogP contribution in [0.2, 0.25) is 0 Å². The van der Waals surface area contributed by atoms with Crippen LogP contribution in [-0.2, 0) is 0 Å². The first-order valence-electron chi connectivity index (χ1n) is 4.38. The van der Waals surface area contributed by atoms with E-state index >= 15 is 0 Å². The number of hydrogen-bond acceptors (Lipinski definition) is 2. The average Bonchev–Trinajstić information content (AvgIpc) is 2.18. The number of nitrogens with zero attached hydrogens (tertiary/aromatic N) is 2. The first-order valence-corrected chi connectivity index (χ1v) is 5.46. The molecule has 0 spiro atoms. The Bertz CT molecular complexity index is 377. The quantitative estimate of drug-likeness (QED) is 0.480. The molecular formula is C11H11IN2. The fraction of sp³-hybridized carbons (Fsp3) is 0.273. The maximum atomic E-state index is 8.38. The SMILES string of the molecule is CC(=NCCC#N)c1ccccc1I. The molecule has 0 aliphatic rings. The molecule has 1 aromatic carbocycles. The molecule has 2 nitrogen and oxygen atoms in total. The van der Waals surface area contributed by atoms with E-state index in [1.165, 1.54) is 3.57 Å². The molecule has 0 aliphatic carbocycles. The molecule has 0 N–H and O–H groups in total. The molecule has 72 valence electrons. The van der Waals surface area contributed by atoms with Crippen molar-refractivity contribution in [1.29, 1.82) is 5.26 Å². The van der Waals surface area contributed by atoms with Gasteiger partial charge < -0.3 is 0 Å². The molecule has 0 saturated carbocycles. The second-order valence-corrected chi connectivity index (χ2v) is 4.02. The number of nitriles is 1. The smallest absolute Gasteiger partial charge is 0.0641 e. The Hall–Kier alpha value is -0.890. The van der Waals surface area contributed by atoms with Crippen LogP contribution in [0, 0.1) is 14.9 Å². The maximum absolute atomic E-state index is 8.38. The van der Waals surface area contributed by atoms with Gasteiger partial charge in [0.2, 0.25) is 0 Å². The molecule has 0 fully saturated rings. The molecular weight excluding hydrogens is 287 g/mol. The lowest BCUT2D eigenvalue weighted by molar-refractivity contribution is 1.01. The summed E-state index contributed by atoms with van der Waals surface area (Å²) >= 11 is 2.29. The van der Waals surface area contributed by atoms with Gasteiger partial charge in [-0.15, -0.1) is 0 Å². The molecule has 0 heterocycles. The highest BCUT2D eigenvalue weighted by Crippen LogP contribution is 2.12.